The van der Waals surface area contributed by atoms with Crippen LogP contribution in [-0.4, -0.2) is 33.3 Å². The van der Waals surface area contributed by atoms with E-state index < -0.39 is 5.97 Å². The Bertz CT molecular complexity index is 508. The number of hydrogen-bond acceptors (Lipinski definition) is 6. The summed E-state index contributed by atoms with van der Waals surface area (Å²) in [4.78, 5) is 19.2. The molecule has 2 rings (SSSR count). The van der Waals surface area contributed by atoms with Crippen molar-refractivity contribution in [1.29, 1.82) is 5.26 Å². The normalized spacial score (nSPS) is 21.8. The van der Waals surface area contributed by atoms with Gasteiger partial charge in [0, 0.05) is 12.2 Å². The molecule has 1 aromatic heterocycles. The minimum Gasteiger partial charge on any atom is -0.477 e. The summed E-state index contributed by atoms with van der Waals surface area (Å²) < 4.78 is 0. The number of aromatic nitrogens is 2. The number of anilines is 1. The molecule has 94 valence electrons. The van der Waals surface area contributed by atoms with Gasteiger partial charge in [-0.05, 0) is 19.1 Å². The Kier molecular flexibility index (Phi) is 3.67. The number of carbonyl (C=O) groups is 1. The van der Waals surface area contributed by atoms with Crippen LogP contribution >= 0.6 is 11.8 Å². The molecule has 0 radical (unpaired) electrons. The number of nitrogens with zero attached hydrogens (tertiary/aromatic N) is 3. The zero-order valence-corrected chi connectivity index (χ0v) is 10.6. The lowest BCUT2D eigenvalue weighted by Gasteiger charge is -2.31. The van der Waals surface area contributed by atoms with E-state index in [0.717, 1.165) is 12.8 Å². The molecule has 2 N–H and O–H groups in total. The van der Waals surface area contributed by atoms with E-state index in [1.807, 2.05) is 6.26 Å². The first kappa shape index (κ1) is 12.6. The molecule has 0 spiro atoms. The van der Waals surface area contributed by atoms with Crippen LogP contribution in [0.5, 0.6) is 0 Å². The summed E-state index contributed by atoms with van der Waals surface area (Å²) in [7, 11) is 0. The number of nitrogens with one attached hydrogen (secondary N) is 1. The molecule has 1 heterocycles. The molecular weight excluding hydrogens is 252 g/mol. The van der Waals surface area contributed by atoms with Gasteiger partial charge in [-0.25, -0.2) is 14.8 Å². The van der Waals surface area contributed by atoms with E-state index >= 15 is 0 Å². The van der Waals surface area contributed by atoms with E-state index in [1.54, 1.807) is 0 Å². The van der Waals surface area contributed by atoms with Crippen molar-refractivity contribution in [3.63, 3.8) is 0 Å². The first-order valence-electron chi connectivity index (χ1n) is 5.44. The van der Waals surface area contributed by atoms with Crippen LogP contribution in [0.3, 0.4) is 0 Å². The number of aromatic carboxylic acids is 1. The molecule has 6 nitrogen and oxygen atoms in total. The molecule has 1 aliphatic carbocycles. The standard InChI is InChI=1S/C11H12N4O2S/c1-18-11-13-5-8(10(16)17)9(15-11)14-7-2-6(3-7)4-12/h5-7H,2-3H2,1H3,(H,16,17)(H,13,14,15). The molecule has 1 fully saturated rings. The van der Waals surface area contributed by atoms with Crippen LogP contribution in [0.25, 0.3) is 0 Å². The predicted octanol–water partition coefficient (Wildman–Crippen LogP) is 1.61. The second kappa shape index (κ2) is 5.23. The minimum atomic E-state index is -1.05. The van der Waals surface area contributed by atoms with Gasteiger partial charge < -0.3 is 10.4 Å². The van der Waals surface area contributed by atoms with Gasteiger partial charge in [-0.2, -0.15) is 5.26 Å². The van der Waals surface area contributed by atoms with Crippen LogP contribution in [0.4, 0.5) is 5.82 Å². The molecule has 0 saturated heterocycles. The van der Waals surface area contributed by atoms with Crippen molar-refractivity contribution in [2.75, 3.05) is 11.6 Å². The number of nitriles is 1. The fourth-order valence-corrected chi connectivity index (χ4v) is 2.11. The van der Waals surface area contributed by atoms with Crippen LogP contribution in [-0.2, 0) is 0 Å². The first-order chi connectivity index (χ1) is 8.63. The van der Waals surface area contributed by atoms with Crippen molar-refractivity contribution in [3.05, 3.63) is 11.8 Å². The summed E-state index contributed by atoms with van der Waals surface area (Å²) >= 11 is 1.35. The van der Waals surface area contributed by atoms with Gasteiger partial charge in [0.1, 0.15) is 11.4 Å². The zero-order valence-electron chi connectivity index (χ0n) is 9.75. The van der Waals surface area contributed by atoms with Crippen molar-refractivity contribution in [2.45, 2.75) is 24.0 Å². The van der Waals surface area contributed by atoms with Crippen molar-refractivity contribution in [2.24, 2.45) is 5.92 Å². The van der Waals surface area contributed by atoms with Crippen molar-refractivity contribution >= 4 is 23.5 Å². The Morgan fingerprint density at radius 2 is 2.39 bits per heavy atom. The largest absolute Gasteiger partial charge is 0.477 e. The highest BCUT2D eigenvalue weighted by atomic mass is 32.2. The van der Waals surface area contributed by atoms with Gasteiger partial charge in [-0.3, -0.25) is 0 Å². The fourth-order valence-electron chi connectivity index (χ4n) is 1.76. The summed E-state index contributed by atoms with van der Waals surface area (Å²) in [6.45, 7) is 0. The Balaban J connectivity index is 2.15. The zero-order chi connectivity index (χ0) is 13.1. The van der Waals surface area contributed by atoms with Gasteiger partial charge in [0.15, 0.2) is 5.16 Å². The molecule has 0 atom stereocenters. The van der Waals surface area contributed by atoms with E-state index in [2.05, 4.69) is 21.4 Å². The topological polar surface area (TPSA) is 98.9 Å². The summed E-state index contributed by atoms with van der Waals surface area (Å²) in [6.07, 6.45) is 4.60. The van der Waals surface area contributed by atoms with Crippen molar-refractivity contribution in [1.82, 2.24) is 9.97 Å². The smallest absolute Gasteiger partial charge is 0.341 e. The molecule has 0 amide bonds. The van der Waals surface area contributed by atoms with Gasteiger partial charge >= 0.3 is 5.97 Å². The maximum absolute atomic E-state index is 11.1. The fraction of sp³-hybridized carbons (Fsp3) is 0.455. The Morgan fingerprint density at radius 3 is 2.94 bits per heavy atom. The maximum atomic E-state index is 11.1. The minimum absolute atomic E-state index is 0.0632. The lowest BCUT2D eigenvalue weighted by atomic mass is 9.81. The predicted molar refractivity (Wildman–Crippen MR) is 66.5 cm³/mol. The van der Waals surface area contributed by atoms with Crippen LogP contribution in [0.1, 0.15) is 23.2 Å². The summed E-state index contributed by atoms with van der Waals surface area (Å²) in [5, 5.41) is 21.3. The Morgan fingerprint density at radius 1 is 1.67 bits per heavy atom. The van der Waals surface area contributed by atoms with Crippen LogP contribution in [0.2, 0.25) is 0 Å². The van der Waals surface area contributed by atoms with Gasteiger partial charge in [-0.15, -0.1) is 0 Å². The average Bonchev–Trinajstić information content (AvgIpc) is 2.32. The second-order valence-corrected chi connectivity index (χ2v) is 4.84. The van der Waals surface area contributed by atoms with E-state index in [9.17, 15) is 4.79 Å². The molecule has 0 bridgehead atoms. The summed E-state index contributed by atoms with van der Waals surface area (Å²) in [5.41, 5.74) is 0.0632. The molecule has 1 aromatic rings. The molecule has 7 heteroatoms. The van der Waals surface area contributed by atoms with Gasteiger partial charge in [0.2, 0.25) is 0 Å². The molecular formula is C11H12N4O2S. The molecule has 1 saturated carbocycles. The van der Waals surface area contributed by atoms with E-state index in [1.165, 1.54) is 18.0 Å². The molecule has 1 aliphatic rings. The average molecular weight is 264 g/mol. The lowest BCUT2D eigenvalue weighted by Crippen LogP contribution is -2.35. The Labute approximate surface area is 108 Å². The summed E-state index contributed by atoms with van der Waals surface area (Å²) in [6, 6.07) is 2.31. The van der Waals surface area contributed by atoms with Crippen LogP contribution in [0, 0.1) is 17.2 Å². The van der Waals surface area contributed by atoms with Crippen molar-refractivity contribution < 1.29 is 9.90 Å². The van der Waals surface area contributed by atoms with E-state index in [4.69, 9.17) is 10.4 Å². The third kappa shape index (κ3) is 2.54. The SMILES string of the molecule is CSc1ncc(C(=O)O)c(NC2CC(C#N)C2)n1. The highest BCUT2D eigenvalue weighted by molar-refractivity contribution is 7.98. The number of rotatable bonds is 4. The van der Waals surface area contributed by atoms with E-state index in [0.29, 0.717) is 11.0 Å². The number of thioether (sulfide) groups is 1. The number of carboxylic acid groups (broad SMARTS) is 1. The molecule has 0 unspecified atom stereocenters. The van der Waals surface area contributed by atoms with Gasteiger partial charge in [0.25, 0.3) is 0 Å². The highest BCUT2D eigenvalue weighted by Gasteiger charge is 2.30. The third-order valence-corrected chi connectivity index (χ3v) is 3.40. The van der Waals surface area contributed by atoms with Crippen LogP contribution < -0.4 is 5.32 Å². The lowest BCUT2D eigenvalue weighted by molar-refractivity contribution is 0.0696. The Hall–Kier alpha value is -1.81. The van der Waals surface area contributed by atoms with Crippen LogP contribution in [0.15, 0.2) is 11.4 Å². The molecule has 0 aromatic carbocycles. The first-order valence-corrected chi connectivity index (χ1v) is 6.67. The van der Waals surface area contributed by atoms with Gasteiger partial charge in [-0.1, -0.05) is 11.8 Å². The van der Waals surface area contributed by atoms with Gasteiger partial charge in [0.05, 0.1) is 12.0 Å². The number of carboxylic acids is 1. The quantitative estimate of drug-likeness (QED) is 0.629. The number of hydrogen-bond donors (Lipinski definition) is 2. The third-order valence-electron chi connectivity index (χ3n) is 2.84. The maximum Gasteiger partial charge on any atom is 0.341 e. The van der Waals surface area contributed by atoms with E-state index in [-0.39, 0.29) is 17.5 Å². The monoisotopic (exact) mass is 264 g/mol. The second-order valence-electron chi connectivity index (χ2n) is 4.06. The molecule has 18 heavy (non-hydrogen) atoms. The highest BCUT2D eigenvalue weighted by Crippen LogP contribution is 2.30. The summed E-state index contributed by atoms with van der Waals surface area (Å²) in [5.74, 6) is -0.651. The van der Waals surface area contributed by atoms with Crippen molar-refractivity contribution in [3.8, 4) is 6.07 Å². The molecule has 0 aliphatic heterocycles.